The van der Waals surface area contributed by atoms with E-state index in [9.17, 15) is 8.42 Å². The quantitative estimate of drug-likeness (QED) is 0.833. The Morgan fingerprint density at radius 2 is 1.62 bits per heavy atom. The van der Waals surface area contributed by atoms with Crippen molar-refractivity contribution in [3.05, 3.63) is 35.9 Å². The number of morpholine rings is 1. The van der Waals surface area contributed by atoms with Crippen LogP contribution in [0, 0.1) is 0 Å². The van der Waals surface area contributed by atoms with Gasteiger partial charge in [-0.15, -0.1) is 0 Å². The van der Waals surface area contributed by atoms with E-state index in [1.165, 1.54) is 0 Å². The molecule has 0 spiro atoms. The molecule has 0 saturated carbocycles. The zero-order valence-electron chi connectivity index (χ0n) is 14.6. The fourth-order valence-corrected chi connectivity index (χ4v) is 5.44. The molecule has 2 saturated heterocycles. The molecule has 24 heavy (non-hydrogen) atoms. The van der Waals surface area contributed by atoms with Gasteiger partial charge in [-0.2, -0.15) is 0 Å². The average Bonchev–Trinajstić information content (AvgIpc) is 2.54. The second-order valence-corrected chi connectivity index (χ2v) is 9.05. The lowest BCUT2D eigenvalue weighted by Crippen LogP contribution is -2.53. The van der Waals surface area contributed by atoms with Crippen molar-refractivity contribution in [3.63, 3.8) is 0 Å². The minimum absolute atomic E-state index is 0.101. The topological polar surface area (TPSA) is 49.9 Å². The summed E-state index contributed by atoms with van der Waals surface area (Å²) in [5, 5.41) is 0. The van der Waals surface area contributed by atoms with Gasteiger partial charge in [0, 0.05) is 32.2 Å². The van der Waals surface area contributed by atoms with Gasteiger partial charge in [-0.3, -0.25) is 4.90 Å². The van der Waals surface area contributed by atoms with E-state index in [0.717, 1.165) is 31.5 Å². The van der Waals surface area contributed by atoms with Crippen LogP contribution in [0.5, 0.6) is 0 Å². The van der Waals surface area contributed by atoms with Crippen molar-refractivity contribution >= 4 is 10.0 Å². The van der Waals surface area contributed by atoms with Crippen LogP contribution in [0.3, 0.4) is 0 Å². The third-order valence-electron chi connectivity index (χ3n) is 4.97. The first kappa shape index (κ1) is 17.9. The Hall–Kier alpha value is -0.950. The van der Waals surface area contributed by atoms with Gasteiger partial charge >= 0.3 is 0 Å². The third-order valence-corrected chi connectivity index (χ3v) is 6.82. The van der Waals surface area contributed by atoms with Crippen molar-refractivity contribution in [2.75, 3.05) is 26.2 Å². The lowest BCUT2D eigenvalue weighted by Gasteiger charge is -2.43. The highest BCUT2D eigenvalue weighted by atomic mass is 32.2. The number of hydrogen-bond donors (Lipinski definition) is 0. The number of benzene rings is 1. The first-order valence-electron chi connectivity index (χ1n) is 8.85. The molecule has 6 heteroatoms. The molecule has 1 aromatic rings. The van der Waals surface area contributed by atoms with Crippen LogP contribution in [-0.4, -0.2) is 62.1 Å². The summed E-state index contributed by atoms with van der Waals surface area (Å²) in [4.78, 5) is 2.49. The van der Waals surface area contributed by atoms with Crippen molar-refractivity contribution < 1.29 is 13.2 Å². The van der Waals surface area contributed by atoms with Crippen LogP contribution in [0.15, 0.2) is 30.3 Å². The van der Waals surface area contributed by atoms with E-state index in [0.29, 0.717) is 19.1 Å². The maximum atomic E-state index is 12.6. The van der Waals surface area contributed by atoms with Crippen LogP contribution in [0.25, 0.3) is 0 Å². The molecule has 2 atom stereocenters. The van der Waals surface area contributed by atoms with Crippen molar-refractivity contribution in [2.45, 2.75) is 50.7 Å². The second kappa shape index (κ2) is 7.52. The summed E-state index contributed by atoms with van der Waals surface area (Å²) in [5.74, 6) is 0.101. The third kappa shape index (κ3) is 4.36. The van der Waals surface area contributed by atoms with E-state index >= 15 is 0 Å². The molecule has 2 aliphatic rings. The van der Waals surface area contributed by atoms with Crippen molar-refractivity contribution in [2.24, 2.45) is 0 Å². The van der Waals surface area contributed by atoms with Crippen molar-refractivity contribution in [3.8, 4) is 0 Å². The molecule has 0 amide bonds. The molecule has 2 aliphatic heterocycles. The van der Waals surface area contributed by atoms with Crippen LogP contribution < -0.4 is 0 Å². The minimum Gasteiger partial charge on any atom is -0.373 e. The second-order valence-electron chi connectivity index (χ2n) is 7.08. The lowest BCUT2D eigenvalue weighted by atomic mass is 10.0. The lowest BCUT2D eigenvalue weighted by molar-refractivity contribution is -0.0847. The van der Waals surface area contributed by atoms with Gasteiger partial charge in [0.15, 0.2) is 0 Å². The van der Waals surface area contributed by atoms with Gasteiger partial charge in [0.25, 0.3) is 0 Å². The summed E-state index contributed by atoms with van der Waals surface area (Å²) < 4.78 is 32.7. The SMILES string of the molecule is C[C@H]1CN(C2CCN(S(=O)(=O)Cc3ccccc3)CC2)C[C@H](C)O1. The molecular weight excluding hydrogens is 324 g/mol. The first-order chi connectivity index (χ1) is 11.4. The number of sulfonamides is 1. The van der Waals surface area contributed by atoms with E-state index < -0.39 is 10.0 Å². The average molecular weight is 353 g/mol. The number of piperidine rings is 1. The van der Waals surface area contributed by atoms with Gasteiger partial charge in [-0.05, 0) is 32.3 Å². The van der Waals surface area contributed by atoms with Crippen LogP contribution >= 0.6 is 0 Å². The summed E-state index contributed by atoms with van der Waals surface area (Å²) >= 11 is 0. The summed E-state index contributed by atoms with van der Waals surface area (Å²) in [5.41, 5.74) is 0.857. The molecule has 2 heterocycles. The Kier molecular flexibility index (Phi) is 5.59. The minimum atomic E-state index is -3.22. The normalized spacial score (nSPS) is 28.1. The Balaban J connectivity index is 1.56. The highest BCUT2D eigenvalue weighted by molar-refractivity contribution is 7.88. The summed E-state index contributed by atoms with van der Waals surface area (Å²) in [6.45, 7) is 7.38. The highest BCUT2D eigenvalue weighted by Gasteiger charge is 2.33. The summed E-state index contributed by atoms with van der Waals surface area (Å²) in [6, 6.07) is 9.91. The first-order valence-corrected chi connectivity index (χ1v) is 10.5. The molecule has 5 nitrogen and oxygen atoms in total. The van der Waals surface area contributed by atoms with Gasteiger partial charge < -0.3 is 4.74 Å². The van der Waals surface area contributed by atoms with Crippen molar-refractivity contribution in [1.82, 2.24) is 9.21 Å². The molecule has 3 rings (SSSR count). The number of hydrogen-bond acceptors (Lipinski definition) is 4. The van der Waals surface area contributed by atoms with E-state index in [2.05, 4.69) is 18.7 Å². The van der Waals surface area contributed by atoms with Gasteiger partial charge in [-0.1, -0.05) is 30.3 Å². The Labute approximate surface area is 145 Å². The molecule has 0 bridgehead atoms. The highest BCUT2D eigenvalue weighted by Crippen LogP contribution is 2.23. The van der Waals surface area contributed by atoms with E-state index in [-0.39, 0.29) is 18.0 Å². The Morgan fingerprint density at radius 3 is 2.21 bits per heavy atom. The van der Waals surface area contributed by atoms with E-state index in [4.69, 9.17) is 4.74 Å². The van der Waals surface area contributed by atoms with E-state index in [1.54, 1.807) is 4.31 Å². The fourth-order valence-electron chi connectivity index (χ4n) is 3.88. The van der Waals surface area contributed by atoms with Crippen LogP contribution in [0.4, 0.5) is 0 Å². The molecular formula is C18H28N2O3S. The fraction of sp³-hybridized carbons (Fsp3) is 0.667. The molecule has 0 unspecified atom stereocenters. The van der Waals surface area contributed by atoms with E-state index in [1.807, 2.05) is 30.3 Å². The maximum Gasteiger partial charge on any atom is 0.218 e. The van der Waals surface area contributed by atoms with Crippen LogP contribution in [0.1, 0.15) is 32.3 Å². The molecule has 134 valence electrons. The number of rotatable bonds is 4. The van der Waals surface area contributed by atoms with Crippen molar-refractivity contribution in [1.29, 1.82) is 0 Å². The standard InChI is InChI=1S/C18H28N2O3S/c1-15-12-19(13-16(2)23-15)18-8-10-20(11-9-18)24(21,22)14-17-6-4-3-5-7-17/h3-7,15-16,18H,8-14H2,1-2H3/t15-,16-/m0/s1. The van der Waals surface area contributed by atoms with Crippen LogP contribution in [0.2, 0.25) is 0 Å². The van der Waals surface area contributed by atoms with Gasteiger partial charge in [0.05, 0.1) is 18.0 Å². The largest absolute Gasteiger partial charge is 0.373 e. The Bertz CT molecular complexity index is 617. The summed E-state index contributed by atoms with van der Waals surface area (Å²) in [6.07, 6.45) is 2.34. The zero-order chi connectivity index (χ0) is 17.2. The number of ether oxygens (including phenoxy) is 1. The smallest absolute Gasteiger partial charge is 0.218 e. The van der Waals surface area contributed by atoms with Gasteiger partial charge in [0.2, 0.25) is 10.0 Å². The molecule has 0 aliphatic carbocycles. The predicted molar refractivity (Wildman–Crippen MR) is 95.2 cm³/mol. The molecule has 0 radical (unpaired) electrons. The monoisotopic (exact) mass is 352 g/mol. The molecule has 2 fully saturated rings. The summed E-state index contributed by atoms with van der Waals surface area (Å²) in [7, 11) is -3.22. The maximum absolute atomic E-state index is 12.6. The number of nitrogens with zero attached hydrogens (tertiary/aromatic N) is 2. The molecule has 0 aromatic heterocycles. The van der Waals surface area contributed by atoms with Crippen LogP contribution in [-0.2, 0) is 20.5 Å². The zero-order valence-corrected chi connectivity index (χ0v) is 15.4. The predicted octanol–water partition coefficient (Wildman–Crippen LogP) is 2.09. The van der Waals surface area contributed by atoms with Gasteiger partial charge in [-0.25, -0.2) is 12.7 Å². The molecule has 1 aromatic carbocycles. The van der Waals surface area contributed by atoms with Gasteiger partial charge in [0.1, 0.15) is 0 Å². The molecule has 0 N–H and O–H groups in total. The Morgan fingerprint density at radius 1 is 1.04 bits per heavy atom.